The molecule has 0 heterocycles. The Labute approximate surface area is 199 Å². The first-order chi connectivity index (χ1) is 15.5. The van der Waals surface area contributed by atoms with Gasteiger partial charge in [0.1, 0.15) is 6.10 Å². The molecule has 0 bridgehead atoms. The predicted molar refractivity (Wildman–Crippen MR) is 135 cm³/mol. The molecule has 1 rings (SSSR count). The number of carbonyl (C=O) groups excluding carboxylic acids is 2. The Morgan fingerprint density at radius 3 is 2.00 bits per heavy atom. The highest BCUT2D eigenvalue weighted by Crippen LogP contribution is 2.57. The van der Waals surface area contributed by atoms with Crippen LogP contribution in [0, 0.1) is 0 Å². The highest BCUT2D eigenvalue weighted by molar-refractivity contribution is 6.85. The van der Waals surface area contributed by atoms with Crippen molar-refractivity contribution < 1.29 is 19.1 Å². The van der Waals surface area contributed by atoms with Gasteiger partial charge in [0.15, 0.2) is 0 Å². The largest absolute Gasteiger partial charge is 0.466 e. The average molecular weight is 476 g/mol. The van der Waals surface area contributed by atoms with Crippen molar-refractivity contribution in [3.63, 3.8) is 0 Å². The van der Waals surface area contributed by atoms with Gasteiger partial charge in [0.2, 0.25) is 0 Å². The topological polar surface area (TPSA) is 101 Å². The number of benzene rings is 1. The van der Waals surface area contributed by atoms with Crippen LogP contribution in [0.3, 0.4) is 0 Å². The molecule has 0 fully saturated rings. The minimum Gasteiger partial charge on any atom is -0.466 e. The van der Waals surface area contributed by atoms with E-state index in [0.29, 0.717) is 29.7 Å². The van der Waals surface area contributed by atoms with Gasteiger partial charge < -0.3 is 9.47 Å². The number of hydrogen-bond donors (Lipinski definition) is 0. The van der Waals surface area contributed by atoms with Gasteiger partial charge in [-0.05, 0) is 24.4 Å². The van der Waals surface area contributed by atoms with Gasteiger partial charge in [-0.2, -0.15) is 0 Å². The second-order valence-corrected chi connectivity index (χ2v) is 15.7. The fourth-order valence-corrected chi connectivity index (χ4v) is 14.0. The van der Waals surface area contributed by atoms with Crippen molar-refractivity contribution in [3.05, 3.63) is 46.3 Å². The van der Waals surface area contributed by atoms with Crippen LogP contribution >= 0.6 is 0 Å². The van der Waals surface area contributed by atoms with Gasteiger partial charge in [-0.15, -0.1) is 0 Å². The van der Waals surface area contributed by atoms with Crippen LogP contribution < -0.4 is 0 Å². The number of hydrogen-bond acceptors (Lipinski definition) is 5. The summed E-state index contributed by atoms with van der Waals surface area (Å²) in [6.07, 6.45) is -0.0757. The Morgan fingerprint density at radius 2 is 1.58 bits per heavy atom. The lowest BCUT2D eigenvalue weighted by Crippen LogP contribution is -2.54. The molecule has 0 saturated heterocycles. The molecular weight excluding hydrogens is 434 g/mol. The van der Waals surface area contributed by atoms with Crippen molar-refractivity contribution in [2.75, 3.05) is 6.61 Å². The molecule has 0 aliphatic carbocycles. The number of rotatable bonds is 13. The van der Waals surface area contributed by atoms with E-state index in [4.69, 9.17) is 9.47 Å². The van der Waals surface area contributed by atoms with E-state index >= 15 is 0 Å². The molecule has 0 aromatic heterocycles. The zero-order chi connectivity index (χ0) is 25.2. The number of carbonyl (C=O) groups is 2. The maximum absolute atomic E-state index is 12.3. The predicted octanol–water partition coefficient (Wildman–Crippen LogP) is 7.36. The molecule has 0 radical (unpaired) electrons. The first-order valence-electron chi connectivity index (χ1n) is 12.0. The van der Waals surface area contributed by atoms with Gasteiger partial charge in [0, 0.05) is 29.8 Å². The first-order valence-corrected chi connectivity index (χ1v) is 14.3. The molecule has 1 aromatic carbocycles. The molecule has 0 aliphatic rings. The van der Waals surface area contributed by atoms with E-state index in [2.05, 4.69) is 51.6 Å². The molecule has 0 spiro atoms. The molecule has 8 heteroatoms. The summed E-state index contributed by atoms with van der Waals surface area (Å²) in [5.41, 5.74) is 11.2. The van der Waals surface area contributed by atoms with Crippen molar-refractivity contribution >= 4 is 20.0 Å². The van der Waals surface area contributed by atoms with Crippen molar-refractivity contribution in [3.8, 4) is 0 Å². The smallest absolute Gasteiger partial charge is 0.305 e. The van der Waals surface area contributed by atoms with Crippen LogP contribution in [-0.4, -0.2) is 32.7 Å². The number of azide groups is 1. The van der Waals surface area contributed by atoms with Crippen molar-refractivity contribution in [2.45, 2.75) is 103 Å². The summed E-state index contributed by atoms with van der Waals surface area (Å²) in [4.78, 5) is 27.7. The first kappa shape index (κ1) is 28.7. The highest BCUT2D eigenvalue weighted by atomic mass is 28.3. The van der Waals surface area contributed by atoms with E-state index in [9.17, 15) is 15.1 Å². The highest BCUT2D eigenvalue weighted by Gasteiger charge is 2.55. The van der Waals surface area contributed by atoms with Crippen LogP contribution in [0.5, 0.6) is 0 Å². The summed E-state index contributed by atoms with van der Waals surface area (Å²) in [5.74, 6) is -0.692. The van der Waals surface area contributed by atoms with Gasteiger partial charge in [0.05, 0.1) is 14.7 Å². The van der Waals surface area contributed by atoms with Gasteiger partial charge in [-0.3, -0.25) is 9.59 Å². The quantitative estimate of drug-likeness (QED) is 0.0977. The molecule has 7 nitrogen and oxygen atoms in total. The molecule has 1 aromatic rings. The van der Waals surface area contributed by atoms with Gasteiger partial charge in [0.25, 0.3) is 0 Å². The minimum atomic E-state index is -2.35. The number of esters is 2. The van der Waals surface area contributed by atoms with Crippen LogP contribution in [0.2, 0.25) is 22.2 Å². The molecule has 0 N–H and O–H groups in total. The summed E-state index contributed by atoms with van der Waals surface area (Å²) in [6.45, 7) is 16.9. The standard InChI is InChI=1S/C25H41N3O4Si/c1-9-31-23(30)16-15-22(27-28-26)25(33(17(2)3,18(4)5)19(6)7)24(32-20(8)29)21-13-11-10-12-14-21/h10-14,17-19,22,24-25H,9,15-16H2,1-8H3/t22-,24-,25+/m0/s1. The van der Waals surface area contributed by atoms with Crippen LogP contribution in [0.25, 0.3) is 10.4 Å². The summed E-state index contributed by atoms with van der Waals surface area (Å²) < 4.78 is 11.2. The molecular formula is C25H41N3O4Si. The van der Waals surface area contributed by atoms with Gasteiger partial charge >= 0.3 is 11.9 Å². The molecule has 0 amide bonds. The normalized spacial score (nSPS) is 14.5. The van der Waals surface area contributed by atoms with Crippen molar-refractivity contribution in [2.24, 2.45) is 5.11 Å². The molecule has 0 aliphatic heterocycles. The second-order valence-electron chi connectivity index (χ2n) is 9.55. The third kappa shape index (κ3) is 7.08. The Balaban J connectivity index is 3.83. The lowest BCUT2D eigenvalue weighted by atomic mass is 9.98. The molecule has 0 saturated carbocycles. The summed E-state index contributed by atoms with van der Waals surface area (Å²) in [6, 6.07) is 9.18. The Kier molecular flexibility index (Phi) is 11.7. The zero-order valence-electron chi connectivity index (χ0n) is 21.4. The lowest BCUT2D eigenvalue weighted by molar-refractivity contribution is -0.148. The average Bonchev–Trinajstić information content (AvgIpc) is 2.73. The Morgan fingerprint density at radius 1 is 1.03 bits per heavy atom. The Bertz CT molecular complexity index is 785. The van der Waals surface area contributed by atoms with E-state index in [1.807, 2.05) is 30.3 Å². The minimum absolute atomic E-state index is 0.147. The zero-order valence-corrected chi connectivity index (χ0v) is 22.4. The SMILES string of the molecule is CCOC(=O)CC[C@H](N=[N+]=[N-])[C@H]([C@@H](OC(C)=O)c1ccccc1)[Si](C(C)C)(C(C)C)C(C)C. The molecule has 184 valence electrons. The summed E-state index contributed by atoms with van der Waals surface area (Å²) in [7, 11) is -2.35. The number of nitrogens with zero attached hydrogens (tertiary/aromatic N) is 3. The number of ether oxygens (including phenoxy) is 2. The fourth-order valence-electron chi connectivity index (χ4n) is 6.00. The van der Waals surface area contributed by atoms with Crippen LogP contribution in [0.1, 0.15) is 79.9 Å². The van der Waals surface area contributed by atoms with E-state index in [0.717, 1.165) is 5.56 Å². The Hall–Kier alpha value is -2.31. The van der Waals surface area contributed by atoms with E-state index in [-0.39, 0.29) is 23.9 Å². The summed E-state index contributed by atoms with van der Waals surface area (Å²) >= 11 is 0. The van der Waals surface area contributed by atoms with Crippen molar-refractivity contribution in [1.82, 2.24) is 0 Å². The van der Waals surface area contributed by atoms with Crippen LogP contribution in [0.15, 0.2) is 35.4 Å². The molecule has 0 unspecified atom stereocenters. The van der Waals surface area contributed by atoms with E-state index < -0.39 is 20.2 Å². The molecule has 3 atom stereocenters. The third-order valence-corrected chi connectivity index (χ3v) is 14.7. The monoisotopic (exact) mass is 475 g/mol. The van der Waals surface area contributed by atoms with Crippen LogP contribution in [-0.2, 0) is 19.1 Å². The van der Waals surface area contributed by atoms with E-state index in [1.54, 1.807) is 6.92 Å². The second kappa shape index (κ2) is 13.4. The fraction of sp³-hybridized carbons (Fsp3) is 0.680. The summed E-state index contributed by atoms with van der Waals surface area (Å²) in [5, 5.41) is 4.24. The van der Waals surface area contributed by atoms with E-state index in [1.165, 1.54) is 6.92 Å². The maximum atomic E-state index is 12.3. The lowest BCUT2D eigenvalue weighted by Gasteiger charge is -2.53. The van der Waals surface area contributed by atoms with Gasteiger partial charge in [-0.1, -0.05) is 93.6 Å². The third-order valence-electron chi connectivity index (χ3n) is 6.89. The van der Waals surface area contributed by atoms with Crippen LogP contribution in [0.4, 0.5) is 0 Å². The van der Waals surface area contributed by atoms with Crippen molar-refractivity contribution in [1.29, 1.82) is 0 Å². The van der Waals surface area contributed by atoms with Gasteiger partial charge in [-0.25, -0.2) is 0 Å². The molecule has 33 heavy (non-hydrogen) atoms. The maximum Gasteiger partial charge on any atom is 0.305 e.